The molecule has 0 unspecified atom stereocenters. The first-order valence-corrected chi connectivity index (χ1v) is 7.01. The standard InChI is InChI=1S/C14H19N7/c1-19(2)12-4-7-17-14(18-12)21-10-8-20(9-11-21)13-15-5-3-6-16-13/h3-7H,8-11H2,1-2H3. The van der Waals surface area contributed by atoms with Gasteiger partial charge in [-0.2, -0.15) is 4.98 Å². The van der Waals surface area contributed by atoms with Gasteiger partial charge in [-0.05, 0) is 12.1 Å². The van der Waals surface area contributed by atoms with Crippen molar-refractivity contribution in [1.29, 1.82) is 0 Å². The molecule has 7 nitrogen and oxygen atoms in total. The highest BCUT2D eigenvalue weighted by Crippen LogP contribution is 2.16. The normalized spacial score (nSPS) is 15.1. The average molecular weight is 285 g/mol. The number of aromatic nitrogens is 4. The summed E-state index contributed by atoms with van der Waals surface area (Å²) in [6.45, 7) is 3.49. The Morgan fingerprint density at radius 1 is 0.857 bits per heavy atom. The van der Waals surface area contributed by atoms with E-state index in [1.165, 1.54) is 0 Å². The van der Waals surface area contributed by atoms with Crippen molar-refractivity contribution < 1.29 is 0 Å². The molecule has 1 fully saturated rings. The van der Waals surface area contributed by atoms with Gasteiger partial charge >= 0.3 is 0 Å². The minimum atomic E-state index is 0.787. The Morgan fingerprint density at radius 3 is 2.05 bits per heavy atom. The van der Waals surface area contributed by atoms with Crippen LogP contribution in [0.4, 0.5) is 17.7 Å². The first kappa shape index (κ1) is 13.5. The number of piperazine rings is 1. The van der Waals surface area contributed by atoms with Crippen LogP contribution in [0.3, 0.4) is 0 Å². The quantitative estimate of drug-likeness (QED) is 0.821. The molecule has 0 radical (unpaired) electrons. The SMILES string of the molecule is CN(C)c1ccnc(N2CCN(c3ncccn3)CC2)n1. The van der Waals surface area contributed by atoms with Gasteiger partial charge in [0.1, 0.15) is 5.82 Å². The van der Waals surface area contributed by atoms with Crippen molar-refractivity contribution in [2.75, 3.05) is 55.0 Å². The maximum Gasteiger partial charge on any atom is 0.227 e. The van der Waals surface area contributed by atoms with Gasteiger partial charge in [-0.3, -0.25) is 0 Å². The lowest BCUT2D eigenvalue weighted by atomic mass is 10.3. The van der Waals surface area contributed by atoms with Crippen molar-refractivity contribution in [2.24, 2.45) is 0 Å². The number of hydrogen-bond acceptors (Lipinski definition) is 7. The highest BCUT2D eigenvalue weighted by Gasteiger charge is 2.20. The summed E-state index contributed by atoms with van der Waals surface area (Å²) < 4.78 is 0. The smallest absolute Gasteiger partial charge is 0.227 e. The Morgan fingerprint density at radius 2 is 1.43 bits per heavy atom. The molecule has 0 N–H and O–H groups in total. The van der Waals surface area contributed by atoms with Gasteiger partial charge in [-0.25, -0.2) is 15.0 Å². The van der Waals surface area contributed by atoms with Crippen molar-refractivity contribution >= 4 is 17.7 Å². The number of nitrogens with zero attached hydrogens (tertiary/aromatic N) is 7. The molecule has 1 aliphatic rings. The highest BCUT2D eigenvalue weighted by atomic mass is 15.4. The van der Waals surface area contributed by atoms with Gasteiger partial charge in [-0.15, -0.1) is 0 Å². The van der Waals surface area contributed by atoms with E-state index >= 15 is 0 Å². The van der Waals surface area contributed by atoms with Crippen LogP contribution in [0.5, 0.6) is 0 Å². The van der Waals surface area contributed by atoms with Crippen LogP contribution >= 0.6 is 0 Å². The van der Waals surface area contributed by atoms with E-state index < -0.39 is 0 Å². The van der Waals surface area contributed by atoms with Crippen LogP contribution in [0.25, 0.3) is 0 Å². The molecule has 2 aromatic rings. The van der Waals surface area contributed by atoms with E-state index in [9.17, 15) is 0 Å². The summed E-state index contributed by atoms with van der Waals surface area (Å²) in [6, 6.07) is 3.75. The van der Waals surface area contributed by atoms with E-state index in [-0.39, 0.29) is 0 Å². The van der Waals surface area contributed by atoms with Crippen molar-refractivity contribution in [3.05, 3.63) is 30.7 Å². The molecule has 0 aliphatic carbocycles. The Kier molecular flexibility index (Phi) is 3.81. The van der Waals surface area contributed by atoms with Gasteiger partial charge in [0.05, 0.1) is 0 Å². The van der Waals surface area contributed by atoms with Gasteiger partial charge in [0, 0.05) is 58.9 Å². The van der Waals surface area contributed by atoms with Crippen LogP contribution in [0, 0.1) is 0 Å². The van der Waals surface area contributed by atoms with Gasteiger partial charge in [0.15, 0.2) is 0 Å². The predicted molar refractivity (Wildman–Crippen MR) is 82.8 cm³/mol. The van der Waals surface area contributed by atoms with E-state index in [0.717, 1.165) is 43.9 Å². The molecule has 0 atom stereocenters. The third kappa shape index (κ3) is 3.01. The van der Waals surface area contributed by atoms with Gasteiger partial charge in [0.25, 0.3) is 0 Å². The second-order valence-electron chi connectivity index (χ2n) is 5.13. The first-order chi connectivity index (χ1) is 10.2. The van der Waals surface area contributed by atoms with Crippen LogP contribution in [0.2, 0.25) is 0 Å². The second-order valence-corrected chi connectivity index (χ2v) is 5.13. The molecule has 1 saturated heterocycles. The fourth-order valence-corrected chi connectivity index (χ4v) is 2.30. The predicted octanol–water partition coefficient (Wildman–Crippen LogP) is 0.659. The molecule has 0 saturated carbocycles. The Hall–Kier alpha value is -2.44. The fourth-order valence-electron chi connectivity index (χ4n) is 2.30. The summed E-state index contributed by atoms with van der Waals surface area (Å²) in [4.78, 5) is 23.9. The highest BCUT2D eigenvalue weighted by molar-refractivity contribution is 5.44. The third-order valence-corrected chi connectivity index (χ3v) is 3.48. The number of anilines is 3. The maximum atomic E-state index is 4.58. The minimum absolute atomic E-state index is 0.787. The topological polar surface area (TPSA) is 61.3 Å². The van der Waals surface area contributed by atoms with E-state index in [1.807, 2.05) is 37.3 Å². The first-order valence-electron chi connectivity index (χ1n) is 7.01. The molecule has 0 spiro atoms. The molecule has 1 aliphatic heterocycles. The third-order valence-electron chi connectivity index (χ3n) is 3.48. The Labute approximate surface area is 124 Å². The van der Waals surface area contributed by atoms with Crippen LogP contribution < -0.4 is 14.7 Å². The summed E-state index contributed by atoms with van der Waals surface area (Å²) in [6.07, 6.45) is 5.36. The maximum absolute atomic E-state index is 4.58. The lowest BCUT2D eigenvalue weighted by Gasteiger charge is -2.34. The minimum Gasteiger partial charge on any atom is -0.363 e. The lowest BCUT2D eigenvalue weighted by molar-refractivity contribution is 0.628. The van der Waals surface area contributed by atoms with Crippen LogP contribution in [-0.4, -0.2) is 60.2 Å². The van der Waals surface area contributed by atoms with Gasteiger partial charge in [-0.1, -0.05) is 0 Å². The van der Waals surface area contributed by atoms with E-state index in [1.54, 1.807) is 12.4 Å². The second kappa shape index (κ2) is 5.90. The summed E-state index contributed by atoms with van der Waals surface area (Å²) in [7, 11) is 3.97. The van der Waals surface area contributed by atoms with Crippen molar-refractivity contribution in [2.45, 2.75) is 0 Å². The van der Waals surface area contributed by atoms with Crippen molar-refractivity contribution in [3.63, 3.8) is 0 Å². The fraction of sp³-hybridized carbons (Fsp3) is 0.429. The van der Waals surface area contributed by atoms with Crippen LogP contribution in [-0.2, 0) is 0 Å². The number of hydrogen-bond donors (Lipinski definition) is 0. The molecule has 3 heterocycles. The Bertz CT molecular complexity index is 579. The van der Waals surface area contributed by atoms with Crippen molar-refractivity contribution in [3.8, 4) is 0 Å². The van der Waals surface area contributed by atoms with Crippen LogP contribution in [0.1, 0.15) is 0 Å². The monoisotopic (exact) mass is 285 g/mol. The summed E-state index contributed by atoms with van der Waals surface area (Å²) in [5, 5.41) is 0. The summed E-state index contributed by atoms with van der Waals surface area (Å²) in [5.74, 6) is 2.50. The zero-order valence-electron chi connectivity index (χ0n) is 12.3. The molecule has 2 aromatic heterocycles. The molecule has 21 heavy (non-hydrogen) atoms. The van der Waals surface area contributed by atoms with Crippen LogP contribution in [0.15, 0.2) is 30.7 Å². The molecule has 0 amide bonds. The summed E-state index contributed by atoms with van der Waals surface area (Å²) in [5.41, 5.74) is 0. The molecule has 7 heteroatoms. The zero-order chi connectivity index (χ0) is 14.7. The van der Waals surface area contributed by atoms with E-state index in [0.29, 0.717) is 0 Å². The van der Waals surface area contributed by atoms with E-state index in [4.69, 9.17) is 0 Å². The molecular formula is C14H19N7. The molecule has 0 bridgehead atoms. The lowest BCUT2D eigenvalue weighted by Crippen LogP contribution is -2.47. The largest absolute Gasteiger partial charge is 0.363 e. The van der Waals surface area contributed by atoms with Gasteiger partial charge in [0.2, 0.25) is 11.9 Å². The Balaban J connectivity index is 1.67. The zero-order valence-corrected chi connectivity index (χ0v) is 12.3. The van der Waals surface area contributed by atoms with E-state index in [2.05, 4.69) is 29.7 Å². The molecule has 3 rings (SSSR count). The molecular weight excluding hydrogens is 266 g/mol. The molecule has 0 aromatic carbocycles. The number of rotatable bonds is 3. The average Bonchev–Trinajstić information content (AvgIpc) is 2.56. The molecule has 110 valence electrons. The van der Waals surface area contributed by atoms with Crippen molar-refractivity contribution in [1.82, 2.24) is 19.9 Å². The summed E-state index contributed by atoms with van der Waals surface area (Å²) >= 11 is 0. The van der Waals surface area contributed by atoms with Gasteiger partial charge < -0.3 is 14.7 Å².